The van der Waals surface area contributed by atoms with Crippen molar-refractivity contribution in [3.63, 3.8) is 0 Å². The van der Waals surface area contributed by atoms with Crippen LogP contribution in [0.15, 0.2) is 90.9 Å². The first kappa shape index (κ1) is 24.1. The first-order valence-electron chi connectivity index (χ1n) is 9.21. The molecule has 3 aromatic carbocycles. The molecule has 0 unspecified atom stereocenters. The molecule has 3 rings (SSSR count). The summed E-state index contributed by atoms with van der Waals surface area (Å²) in [4.78, 5) is -0.555. The van der Waals surface area contributed by atoms with Crippen molar-refractivity contribution in [2.45, 2.75) is 16.7 Å². The highest BCUT2D eigenvalue weighted by atomic mass is 32.2. The number of nitrogens with two attached hydrogens (primary N) is 1. The maximum Gasteiger partial charge on any atom is 0.299 e. The summed E-state index contributed by atoms with van der Waals surface area (Å²) in [7, 11) is -7.45. The molecule has 0 bridgehead atoms. The molecule has 0 fully saturated rings. The molecule has 0 heterocycles. The van der Waals surface area contributed by atoms with Gasteiger partial charge in [0.15, 0.2) is 0 Å². The number of hydrogen-bond acceptors (Lipinski definition) is 10. The second-order valence-corrected chi connectivity index (χ2v) is 9.79. The summed E-state index contributed by atoms with van der Waals surface area (Å²) in [6.07, 6.45) is 0. The third-order valence-corrected chi connectivity index (χ3v) is 6.51. The quantitative estimate of drug-likeness (QED) is 0.203. The van der Waals surface area contributed by atoms with Crippen LogP contribution in [0.5, 0.6) is 0 Å². The standard InChI is InChI=1S/C20H19N5O6S2/c1-13-11-14(21)3-9-18(13)24-25-19-10-6-16(12-20(19)33(29,30)31-2)23-22-15-4-7-17(8-5-15)32(26,27)28/h3-12H,21H2,1-2H3,(H,26,27,28). The predicted molar refractivity (Wildman–Crippen MR) is 121 cm³/mol. The Hall–Kier alpha value is -3.52. The minimum atomic E-state index is -4.33. The molecular weight excluding hydrogens is 470 g/mol. The van der Waals surface area contributed by atoms with Crippen molar-refractivity contribution >= 4 is 48.7 Å². The van der Waals surface area contributed by atoms with Gasteiger partial charge >= 0.3 is 0 Å². The molecule has 0 aliphatic carbocycles. The molecule has 0 saturated heterocycles. The van der Waals surface area contributed by atoms with E-state index in [0.717, 1.165) is 24.8 Å². The molecule has 3 aromatic rings. The number of anilines is 1. The van der Waals surface area contributed by atoms with Crippen LogP contribution in [0.3, 0.4) is 0 Å². The van der Waals surface area contributed by atoms with Gasteiger partial charge in [-0.2, -0.15) is 32.2 Å². The summed E-state index contributed by atoms with van der Waals surface area (Å²) >= 11 is 0. The van der Waals surface area contributed by atoms with Crippen LogP contribution in [0.1, 0.15) is 5.56 Å². The SMILES string of the molecule is COS(=O)(=O)c1cc(N=Nc2ccc(S(=O)(=O)O)cc2)ccc1N=Nc1ccc(N)cc1C. The summed E-state index contributed by atoms with van der Waals surface area (Å²) in [5.74, 6) is 0. The Bertz CT molecular complexity index is 1450. The normalized spacial score (nSPS) is 12.6. The Morgan fingerprint density at radius 2 is 1.36 bits per heavy atom. The van der Waals surface area contributed by atoms with E-state index in [1.807, 2.05) is 0 Å². The molecule has 0 aromatic heterocycles. The second-order valence-electron chi connectivity index (χ2n) is 6.69. The summed E-state index contributed by atoms with van der Waals surface area (Å²) in [5.41, 5.74) is 8.05. The third-order valence-electron chi connectivity index (χ3n) is 4.33. The molecule has 3 N–H and O–H groups in total. The molecule has 0 aliphatic heterocycles. The summed E-state index contributed by atoms with van der Waals surface area (Å²) in [6.45, 7) is 1.80. The van der Waals surface area contributed by atoms with E-state index in [1.54, 1.807) is 25.1 Å². The van der Waals surface area contributed by atoms with E-state index in [2.05, 4.69) is 24.6 Å². The first-order valence-corrected chi connectivity index (χ1v) is 12.1. The zero-order valence-electron chi connectivity index (χ0n) is 17.4. The van der Waals surface area contributed by atoms with Crippen LogP contribution in [0, 0.1) is 6.92 Å². The van der Waals surface area contributed by atoms with Gasteiger partial charge < -0.3 is 5.73 Å². The number of azo groups is 2. The number of benzene rings is 3. The lowest BCUT2D eigenvalue weighted by Gasteiger charge is -2.06. The van der Waals surface area contributed by atoms with Crippen LogP contribution in [-0.4, -0.2) is 28.5 Å². The largest absolute Gasteiger partial charge is 0.399 e. The fraction of sp³-hybridized carbons (Fsp3) is 0.100. The Kier molecular flexibility index (Phi) is 6.98. The van der Waals surface area contributed by atoms with Crippen molar-refractivity contribution in [1.82, 2.24) is 0 Å². The van der Waals surface area contributed by atoms with Crippen molar-refractivity contribution in [2.75, 3.05) is 12.8 Å². The maximum atomic E-state index is 12.4. The van der Waals surface area contributed by atoms with E-state index in [-0.39, 0.29) is 26.9 Å². The summed E-state index contributed by atoms with van der Waals surface area (Å²) in [6, 6.07) is 14.1. The fourth-order valence-electron chi connectivity index (χ4n) is 2.64. The van der Waals surface area contributed by atoms with Crippen LogP contribution < -0.4 is 5.73 Å². The average Bonchev–Trinajstić information content (AvgIpc) is 2.77. The minimum absolute atomic E-state index is 0.0320. The molecule has 0 radical (unpaired) electrons. The highest BCUT2D eigenvalue weighted by Gasteiger charge is 2.19. The van der Waals surface area contributed by atoms with E-state index < -0.39 is 20.2 Å². The molecule has 0 saturated carbocycles. The molecule has 172 valence electrons. The molecule has 0 aliphatic rings. The average molecular weight is 490 g/mol. The molecule has 0 atom stereocenters. The Morgan fingerprint density at radius 1 is 0.788 bits per heavy atom. The number of rotatable bonds is 7. The van der Waals surface area contributed by atoms with Gasteiger partial charge in [-0.05, 0) is 73.2 Å². The van der Waals surface area contributed by atoms with Gasteiger partial charge in [0, 0.05) is 5.69 Å². The van der Waals surface area contributed by atoms with Crippen LogP contribution in [0.25, 0.3) is 0 Å². The monoisotopic (exact) mass is 489 g/mol. The molecule has 0 spiro atoms. The smallest absolute Gasteiger partial charge is 0.299 e. The number of aryl methyl sites for hydroxylation is 1. The van der Waals surface area contributed by atoms with E-state index in [4.69, 9.17) is 10.3 Å². The van der Waals surface area contributed by atoms with Gasteiger partial charge in [0.25, 0.3) is 20.2 Å². The Balaban J connectivity index is 1.95. The van der Waals surface area contributed by atoms with Crippen LogP contribution >= 0.6 is 0 Å². The van der Waals surface area contributed by atoms with Crippen LogP contribution in [0.4, 0.5) is 28.4 Å². The molecule has 33 heavy (non-hydrogen) atoms. The van der Waals surface area contributed by atoms with Gasteiger partial charge in [-0.25, -0.2) is 0 Å². The number of nitrogens with zero attached hydrogens (tertiary/aromatic N) is 4. The van der Waals surface area contributed by atoms with Crippen molar-refractivity contribution in [2.24, 2.45) is 20.5 Å². The van der Waals surface area contributed by atoms with Gasteiger partial charge in [0.2, 0.25) is 0 Å². The van der Waals surface area contributed by atoms with Crippen LogP contribution in [-0.2, 0) is 24.4 Å². The van der Waals surface area contributed by atoms with E-state index in [1.165, 1.54) is 30.3 Å². The summed E-state index contributed by atoms with van der Waals surface area (Å²) in [5, 5.41) is 16.1. The number of hydrogen-bond donors (Lipinski definition) is 2. The Morgan fingerprint density at radius 3 is 1.97 bits per heavy atom. The van der Waals surface area contributed by atoms with Gasteiger partial charge in [0.05, 0.1) is 29.1 Å². The van der Waals surface area contributed by atoms with E-state index in [0.29, 0.717) is 11.4 Å². The third kappa shape index (κ3) is 6.04. The van der Waals surface area contributed by atoms with Crippen molar-refractivity contribution in [3.05, 3.63) is 66.2 Å². The topological polar surface area (TPSA) is 173 Å². The zero-order chi connectivity index (χ0) is 24.2. The molecule has 0 amide bonds. The highest BCUT2D eigenvalue weighted by molar-refractivity contribution is 7.87. The zero-order valence-corrected chi connectivity index (χ0v) is 19.1. The molecule has 11 nitrogen and oxygen atoms in total. The van der Waals surface area contributed by atoms with E-state index >= 15 is 0 Å². The van der Waals surface area contributed by atoms with Gasteiger partial charge in [-0.3, -0.25) is 8.74 Å². The molecule has 13 heteroatoms. The van der Waals surface area contributed by atoms with Crippen molar-refractivity contribution in [3.8, 4) is 0 Å². The maximum absolute atomic E-state index is 12.4. The van der Waals surface area contributed by atoms with Crippen LogP contribution in [0.2, 0.25) is 0 Å². The lowest BCUT2D eigenvalue weighted by Crippen LogP contribution is -2.02. The Labute approximate surface area is 190 Å². The van der Waals surface area contributed by atoms with Gasteiger partial charge in [-0.15, -0.1) is 5.11 Å². The van der Waals surface area contributed by atoms with E-state index in [9.17, 15) is 16.8 Å². The van der Waals surface area contributed by atoms with Gasteiger partial charge in [-0.1, -0.05) is 0 Å². The lowest BCUT2D eigenvalue weighted by atomic mass is 10.2. The van der Waals surface area contributed by atoms with Crippen molar-refractivity contribution < 1.29 is 25.6 Å². The fourth-order valence-corrected chi connectivity index (χ4v) is 3.93. The highest BCUT2D eigenvalue weighted by Crippen LogP contribution is 2.33. The number of nitrogen functional groups attached to an aromatic ring is 1. The second kappa shape index (κ2) is 9.54. The summed E-state index contributed by atoms with van der Waals surface area (Å²) < 4.78 is 60.7. The predicted octanol–water partition coefficient (Wildman–Crippen LogP) is 4.99. The molecular formula is C20H19N5O6S2. The van der Waals surface area contributed by atoms with Gasteiger partial charge in [0.1, 0.15) is 10.6 Å². The minimum Gasteiger partial charge on any atom is -0.399 e. The first-order chi connectivity index (χ1) is 15.5. The van der Waals surface area contributed by atoms with Crippen molar-refractivity contribution in [1.29, 1.82) is 0 Å². The lowest BCUT2D eigenvalue weighted by molar-refractivity contribution is 0.398.